The van der Waals surface area contributed by atoms with Gasteiger partial charge in [0, 0.05) is 35.9 Å². The van der Waals surface area contributed by atoms with Gasteiger partial charge >= 0.3 is 5.97 Å². The van der Waals surface area contributed by atoms with Gasteiger partial charge in [-0.15, -0.1) is 0 Å². The molecule has 3 heterocycles. The first-order chi connectivity index (χ1) is 16.2. The van der Waals surface area contributed by atoms with Crippen molar-refractivity contribution in [3.63, 3.8) is 0 Å². The van der Waals surface area contributed by atoms with Gasteiger partial charge in [-0.3, -0.25) is 14.2 Å². The second-order valence-electron chi connectivity index (χ2n) is 8.46. The molecular formula is C25H26N4O5. The van der Waals surface area contributed by atoms with Crippen LogP contribution in [-0.4, -0.2) is 39.7 Å². The third-order valence-corrected chi connectivity index (χ3v) is 5.77. The summed E-state index contributed by atoms with van der Waals surface area (Å²) in [5, 5.41) is 9.51. The average Bonchev–Trinajstić information content (AvgIpc) is 3.35. The summed E-state index contributed by atoms with van der Waals surface area (Å²) in [5.74, 6) is -0.0111. The predicted molar refractivity (Wildman–Crippen MR) is 125 cm³/mol. The summed E-state index contributed by atoms with van der Waals surface area (Å²) < 4.78 is 12.2. The van der Waals surface area contributed by atoms with Crippen molar-refractivity contribution < 1.29 is 23.6 Å². The molecule has 34 heavy (non-hydrogen) atoms. The fourth-order valence-electron chi connectivity index (χ4n) is 3.98. The van der Waals surface area contributed by atoms with E-state index >= 15 is 0 Å². The molecule has 0 spiro atoms. The summed E-state index contributed by atoms with van der Waals surface area (Å²) in [7, 11) is 0. The van der Waals surface area contributed by atoms with Crippen molar-refractivity contribution in [1.82, 2.24) is 9.72 Å². The summed E-state index contributed by atoms with van der Waals surface area (Å²) >= 11 is 0. The molecule has 0 radical (unpaired) electrons. The molecular weight excluding hydrogens is 436 g/mol. The van der Waals surface area contributed by atoms with Crippen molar-refractivity contribution >= 4 is 29.1 Å². The molecule has 176 valence electrons. The largest absolute Gasteiger partial charge is 0.453 e. The van der Waals surface area contributed by atoms with Crippen LogP contribution in [0.2, 0.25) is 0 Å². The number of amides is 1. The number of hydrogen-bond acceptors (Lipinski definition) is 7. The van der Waals surface area contributed by atoms with Crippen molar-refractivity contribution in [2.45, 2.75) is 47.5 Å². The fourth-order valence-corrected chi connectivity index (χ4v) is 3.98. The molecule has 0 aliphatic carbocycles. The maximum Gasteiger partial charge on any atom is 0.354 e. The second-order valence-corrected chi connectivity index (χ2v) is 8.46. The standard InChI is InChI=1S/C25H26N4O5/c1-14-6-7-15(2)21(10-14)29-24(31)9-8-20(26-29)25(32)33-13-22(30)19-11-16(3)28(18(19)5)23-12-17(4)34-27-23/h6-7,10-12H,8-9,13H2,1-5H3. The minimum absolute atomic E-state index is 0.108. The number of nitrogens with zero attached hydrogens (tertiary/aromatic N) is 4. The molecule has 0 unspecified atom stereocenters. The number of hydrogen-bond donors (Lipinski definition) is 0. The molecule has 1 aliphatic heterocycles. The summed E-state index contributed by atoms with van der Waals surface area (Å²) in [4.78, 5) is 38.0. The Morgan fingerprint density at radius 1 is 1.06 bits per heavy atom. The highest BCUT2D eigenvalue weighted by Crippen LogP contribution is 2.26. The number of benzene rings is 1. The lowest BCUT2D eigenvalue weighted by Crippen LogP contribution is -2.35. The Labute approximate surface area is 197 Å². The van der Waals surface area contributed by atoms with Gasteiger partial charge in [0.05, 0.1) is 5.69 Å². The zero-order valence-corrected chi connectivity index (χ0v) is 19.8. The van der Waals surface area contributed by atoms with Crippen LogP contribution in [0.15, 0.2) is 40.0 Å². The summed E-state index contributed by atoms with van der Waals surface area (Å²) in [6, 6.07) is 9.20. The maximum absolute atomic E-state index is 12.8. The average molecular weight is 463 g/mol. The van der Waals surface area contributed by atoms with E-state index in [0.29, 0.717) is 28.5 Å². The van der Waals surface area contributed by atoms with Crippen molar-refractivity contribution in [2.75, 3.05) is 11.6 Å². The van der Waals surface area contributed by atoms with Gasteiger partial charge in [-0.25, -0.2) is 4.79 Å². The smallest absolute Gasteiger partial charge is 0.354 e. The van der Waals surface area contributed by atoms with Crippen LogP contribution in [0.3, 0.4) is 0 Å². The number of carbonyl (C=O) groups is 3. The zero-order valence-electron chi connectivity index (χ0n) is 19.8. The Morgan fingerprint density at radius 3 is 2.53 bits per heavy atom. The molecule has 4 rings (SSSR count). The Hall–Kier alpha value is -4.01. The van der Waals surface area contributed by atoms with Gasteiger partial charge in [0.2, 0.25) is 11.7 Å². The summed E-state index contributed by atoms with van der Waals surface area (Å²) in [6.07, 6.45) is 0.292. The third kappa shape index (κ3) is 4.41. The lowest BCUT2D eigenvalue weighted by molar-refractivity contribution is -0.134. The number of ether oxygens (including phenoxy) is 1. The van der Waals surface area contributed by atoms with Crippen LogP contribution in [0.1, 0.15) is 51.5 Å². The van der Waals surface area contributed by atoms with Gasteiger partial charge in [-0.05, 0) is 57.9 Å². The predicted octanol–water partition coefficient (Wildman–Crippen LogP) is 3.92. The SMILES string of the molecule is Cc1ccc(C)c(N2N=C(C(=O)OCC(=O)c3cc(C)n(-c4cc(C)on4)c3C)CCC2=O)c1. The lowest BCUT2D eigenvalue weighted by atomic mass is 10.1. The molecule has 1 aromatic carbocycles. The van der Waals surface area contributed by atoms with Crippen LogP contribution in [0, 0.1) is 34.6 Å². The molecule has 0 bridgehead atoms. The number of aryl methyl sites for hydroxylation is 4. The Bertz CT molecular complexity index is 1330. The molecule has 0 N–H and O–H groups in total. The van der Waals surface area contributed by atoms with Crippen LogP contribution in [0.5, 0.6) is 0 Å². The number of carbonyl (C=O) groups excluding carboxylic acids is 3. The van der Waals surface area contributed by atoms with E-state index in [0.717, 1.165) is 16.8 Å². The third-order valence-electron chi connectivity index (χ3n) is 5.77. The highest BCUT2D eigenvalue weighted by molar-refractivity contribution is 6.38. The minimum Gasteiger partial charge on any atom is -0.453 e. The van der Waals surface area contributed by atoms with Crippen molar-refractivity contribution in [3.8, 4) is 5.82 Å². The highest BCUT2D eigenvalue weighted by Gasteiger charge is 2.28. The number of aromatic nitrogens is 2. The van der Waals surface area contributed by atoms with Gasteiger partial charge in [0.1, 0.15) is 11.5 Å². The summed E-state index contributed by atoms with van der Waals surface area (Å²) in [5.41, 5.74) is 4.49. The van der Waals surface area contributed by atoms with Gasteiger partial charge in [0.25, 0.3) is 0 Å². The van der Waals surface area contributed by atoms with Gasteiger partial charge in [0.15, 0.2) is 12.4 Å². The van der Waals surface area contributed by atoms with Gasteiger partial charge in [-0.1, -0.05) is 17.3 Å². The molecule has 0 fully saturated rings. The van der Waals surface area contributed by atoms with Gasteiger partial charge in [-0.2, -0.15) is 10.1 Å². The van der Waals surface area contributed by atoms with E-state index in [1.807, 2.05) is 43.5 Å². The maximum atomic E-state index is 12.8. The van der Waals surface area contributed by atoms with E-state index in [2.05, 4.69) is 10.3 Å². The molecule has 0 atom stereocenters. The zero-order chi connectivity index (χ0) is 24.6. The van der Waals surface area contributed by atoms with E-state index in [1.165, 1.54) is 5.01 Å². The number of hydrazone groups is 1. The van der Waals surface area contributed by atoms with E-state index in [9.17, 15) is 14.4 Å². The normalized spacial score (nSPS) is 13.7. The first-order valence-electron chi connectivity index (χ1n) is 11.0. The Kier molecular flexibility index (Phi) is 6.19. The van der Waals surface area contributed by atoms with E-state index in [1.54, 1.807) is 26.0 Å². The van der Waals surface area contributed by atoms with Crippen LogP contribution >= 0.6 is 0 Å². The molecule has 9 nitrogen and oxygen atoms in total. The quantitative estimate of drug-likeness (QED) is 0.406. The first-order valence-corrected chi connectivity index (χ1v) is 11.0. The minimum atomic E-state index is -0.711. The van der Waals surface area contributed by atoms with Crippen molar-refractivity contribution in [3.05, 3.63) is 64.2 Å². The topological polar surface area (TPSA) is 107 Å². The summed E-state index contributed by atoms with van der Waals surface area (Å²) in [6.45, 7) is 8.80. The number of Topliss-reactive ketones (excluding diaryl/α,β-unsaturated/α-hetero) is 1. The molecule has 9 heteroatoms. The van der Waals surface area contributed by atoms with E-state index in [4.69, 9.17) is 9.26 Å². The van der Waals surface area contributed by atoms with E-state index < -0.39 is 12.6 Å². The lowest BCUT2D eigenvalue weighted by Gasteiger charge is -2.24. The number of ketones is 1. The number of rotatable bonds is 6. The molecule has 2 aromatic heterocycles. The van der Waals surface area contributed by atoms with E-state index in [-0.39, 0.29) is 30.2 Å². The molecule has 1 amide bonds. The van der Waals surface area contributed by atoms with Crippen LogP contribution in [-0.2, 0) is 14.3 Å². The Morgan fingerprint density at radius 2 is 1.82 bits per heavy atom. The highest BCUT2D eigenvalue weighted by atomic mass is 16.5. The van der Waals surface area contributed by atoms with Crippen LogP contribution in [0.4, 0.5) is 5.69 Å². The molecule has 1 aliphatic rings. The monoisotopic (exact) mass is 462 g/mol. The molecule has 0 saturated carbocycles. The number of esters is 1. The molecule has 0 saturated heterocycles. The second kappa shape index (κ2) is 9.09. The number of anilines is 1. The van der Waals surface area contributed by atoms with Gasteiger partial charge < -0.3 is 9.26 Å². The Balaban J connectivity index is 1.49. The van der Waals surface area contributed by atoms with Crippen LogP contribution in [0.25, 0.3) is 5.82 Å². The first kappa shape index (κ1) is 23.2. The van der Waals surface area contributed by atoms with Crippen molar-refractivity contribution in [1.29, 1.82) is 0 Å². The fraction of sp³-hybridized carbons (Fsp3) is 0.320. The van der Waals surface area contributed by atoms with Crippen molar-refractivity contribution in [2.24, 2.45) is 5.10 Å². The van der Waals surface area contributed by atoms with Crippen LogP contribution < -0.4 is 5.01 Å². The molecule has 3 aromatic rings.